The molecule has 0 bridgehead atoms. The Balaban J connectivity index is 2.00. The van der Waals surface area contributed by atoms with Gasteiger partial charge in [-0.1, -0.05) is 43.7 Å². The van der Waals surface area contributed by atoms with Crippen LogP contribution in [0.4, 0.5) is 18.9 Å². The van der Waals surface area contributed by atoms with Crippen LogP contribution in [-0.2, 0) is 6.54 Å². The van der Waals surface area contributed by atoms with E-state index in [4.69, 9.17) is 12.2 Å². The summed E-state index contributed by atoms with van der Waals surface area (Å²) in [5.41, 5.74) is 1.97. The van der Waals surface area contributed by atoms with E-state index in [0.29, 0.717) is 22.3 Å². The first-order valence-electron chi connectivity index (χ1n) is 11.3. The SMILES string of the molecule is CCC/C=C\C=C(/C)NC(=S)N=Nc1c(O)n(Cc2ccccc2C#N)c2ccc(OC(F)(F)F)cc12. The van der Waals surface area contributed by atoms with Gasteiger partial charge in [-0.3, -0.25) is 0 Å². The van der Waals surface area contributed by atoms with Gasteiger partial charge in [0.2, 0.25) is 11.0 Å². The maximum Gasteiger partial charge on any atom is 0.573 e. The zero-order valence-corrected chi connectivity index (χ0v) is 20.9. The summed E-state index contributed by atoms with van der Waals surface area (Å²) in [6.45, 7) is 3.92. The van der Waals surface area contributed by atoms with Crippen LogP contribution < -0.4 is 10.1 Å². The van der Waals surface area contributed by atoms with Gasteiger partial charge in [0, 0.05) is 11.1 Å². The summed E-state index contributed by atoms with van der Waals surface area (Å²) in [5.74, 6) is -0.836. The van der Waals surface area contributed by atoms with Crippen LogP contribution in [0.1, 0.15) is 37.8 Å². The van der Waals surface area contributed by atoms with Crippen LogP contribution in [0.2, 0.25) is 0 Å². The number of azo groups is 1. The van der Waals surface area contributed by atoms with Gasteiger partial charge in [0.25, 0.3) is 0 Å². The van der Waals surface area contributed by atoms with Crippen LogP contribution in [0.15, 0.2) is 76.6 Å². The molecule has 3 rings (SSSR count). The van der Waals surface area contributed by atoms with Gasteiger partial charge >= 0.3 is 6.36 Å². The summed E-state index contributed by atoms with van der Waals surface area (Å²) >= 11 is 5.20. The van der Waals surface area contributed by atoms with Crippen LogP contribution in [0, 0.1) is 11.3 Å². The van der Waals surface area contributed by atoms with E-state index in [-0.39, 0.29) is 28.6 Å². The monoisotopic (exact) mass is 527 g/mol. The number of unbranched alkanes of at least 4 members (excludes halogenated alkanes) is 1. The zero-order chi connectivity index (χ0) is 27.0. The molecule has 0 atom stereocenters. The van der Waals surface area contributed by atoms with Crippen molar-refractivity contribution in [3.8, 4) is 17.7 Å². The number of nitrogens with zero attached hydrogens (tertiary/aromatic N) is 4. The number of fused-ring (bicyclic) bond motifs is 1. The average Bonchev–Trinajstić information content (AvgIpc) is 3.09. The summed E-state index contributed by atoms with van der Waals surface area (Å²) in [7, 11) is 0. The molecule has 0 saturated heterocycles. The number of hydrogen-bond donors (Lipinski definition) is 2. The highest BCUT2D eigenvalue weighted by atomic mass is 32.1. The van der Waals surface area contributed by atoms with Gasteiger partial charge in [0.05, 0.1) is 23.7 Å². The van der Waals surface area contributed by atoms with Crippen molar-refractivity contribution in [2.75, 3.05) is 0 Å². The maximum absolute atomic E-state index is 12.8. The second kappa shape index (κ2) is 12.2. The molecular weight excluding hydrogens is 503 g/mol. The molecule has 37 heavy (non-hydrogen) atoms. The molecule has 0 aliphatic carbocycles. The average molecular weight is 528 g/mol. The fourth-order valence-electron chi connectivity index (χ4n) is 3.50. The van der Waals surface area contributed by atoms with Crippen molar-refractivity contribution in [2.45, 2.75) is 39.6 Å². The number of thiocarbonyl (C=S) groups is 1. The summed E-state index contributed by atoms with van der Waals surface area (Å²) in [6.07, 6.45) is 2.77. The predicted octanol–water partition coefficient (Wildman–Crippen LogP) is 7.38. The number of aromatic hydroxyl groups is 1. The van der Waals surface area contributed by atoms with Crippen molar-refractivity contribution in [1.82, 2.24) is 9.88 Å². The molecule has 0 radical (unpaired) electrons. The highest BCUT2D eigenvalue weighted by molar-refractivity contribution is 7.80. The Morgan fingerprint density at radius 2 is 2.03 bits per heavy atom. The second-order valence-corrected chi connectivity index (χ2v) is 8.34. The number of halogens is 3. The van der Waals surface area contributed by atoms with Crippen molar-refractivity contribution >= 4 is 33.9 Å². The first-order valence-corrected chi connectivity index (χ1v) is 11.7. The summed E-state index contributed by atoms with van der Waals surface area (Å²) in [4.78, 5) is 0. The summed E-state index contributed by atoms with van der Waals surface area (Å²) < 4.78 is 43.9. The molecule has 7 nitrogen and oxygen atoms in total. The molecule has 1 aromatic heterocycles. The van der Waals surface area contributed by atoms with E-state index in [1.165, 1.54) is 10.6 Å². The first-order chi connectivity index (χ1) is 17.6. The fraction of sp³-hybridized carbons (Fsp3) is 0.231. The number of nitrogens with one attached hydrogen (secondary N) is 1. The van der Waals surface area contributed by atoms with E-state index in [2.05, 4.69) is 33.3 Å². The van der Waals surface area contributed by atoms with Crippen LogP contribution in [0.3, 0.4) is 0 Å². The number of allylic oxidation sites excluding steroid dienone is 4. The maximum atomic E-state index is 12.8. The standard InChI is InChI=1S/C26H24F3N5O2S/c1-3-4-5-6-9-17(2)31-25(37)33-32-23-21-14-20(36-26(27,28)29)12-13-22(21)34(24(23)35)16-19-11-8-7-10-18(19)15-30/h5-14,35H,3-4,16H2,1-2H3,(H,31,37)/b6-5-,17-9+,33-32?. The second-order valence-electron chi connectivity index (χ2n) is 7.95. The molecule has 2 aromatic carbocycles. The lowest BCUT2D eigenvalue weighted by Gasteiger charge is -2.10. The highest BCUT2D eigenvalue weighted by Gasteiger charge is 2.31. The third-order valence-corrected chi connectivity index (χ3v) is 5.35. The summed E-state index contributed by atoms with van der Waals surface area (Å²) in [5, 5.41) is 31.4. The minimum Gasteiger partial charge on any atom is -0.493 e. The molecule has 0 unspecified atom stereocenters. The van der Waals surface area contributed by atoms with E-state index in [1.807, 2.05) is 18.2 Å². The van der Waals surface area contributed by atoms with Gasteiger partial charge in [-0.15, -0.1) is 23.4 Å². The first kappa shape index (κ1) is 27.4. The lowest BCUT2D eigenvalue weighted by Crippen LogP contribution is -2.17. The molecule has 0 saturated carbocycles. The van der Waals surface area contributed by atoms with Gasteiger partial charge in [0.15, 0.2) is 5.69 Å². The van der Waals surface area contributed by atoms with Gasteiger partial charge in [-0.25, -0.2) is 0 Å². The van der Waals surface area contributed by atoms with Crippen molar-refractivity contribution in [3.05, 3.63) is 77.5 Å². The zero-order valence-electron chi connectivity index (χ0n) is 20.1. The number of nitriles is 1. The van der Waals surface area contributed by atoms with Crippen LogP contribution >= 0.6 is 12.2 Å². The lowest BCUT2D eigenvalue weighted by atomic mass is 10.1. The van der Waals surface area contributed by atoms with Crippen LogP contribution in [0.5, 0.6) is 11.6 Å². The van der Waals surface area contributed by atoms with Crippen molar-refractivity contribution in [1.29, 1.82) is 5.26 Å². The van der Waals surface area contributed by atoms with E-state index in [1.54, 1.807) is 31.2 Å². The molecule has 0 spiro atoms. The number of alkyl halides is 3. The molecular formula is C26H24F3N5O2S. The van der Waals surface area contributed by atoms with Gasteiger partial charge in [0.1, 0.15) is 5.75 Å². The van der Waals surface area contributed by atoms with Gasteiger partial charge < -0.3 is 19.7 Å². The van der Waals surface area contributed by atoms with Crippen molar-refractivity contribution in [2.24, 2.45) is 10.2 Å². The molecule has 2 N–H and O–H groups in total. The predicted molar refractivity (Wildman–Crippen MR) is 139 cm³/mol. The fourth-order valence-corrected chi connectivity index (χ4v) is 3.70. The van der Waals surface area contributed by atoms with Crippen LogP contribution in [-0.4, -0.2) is 21.1 Å². The molecule has 0 fully saturated rings. The molecule has 11 heteroatoms. The number of ether oxygens (including phenoxy) is 1. The quantitative estimate of drug-likeness (QED) is 0.181. The Morgan fingerprint density at radius 3 is 2.73 bits per heavy atom. The Bertz CT molecular complexity index is 1420. The Morgan fingerprint density at radius 1 is 1.27 bits per heavy atom. The molecule has 3 aromatic rings. The minimum atomic E-state index is -4.90. The van der Waals surface area contributed by atoms with E-state index < -0.39 is 12.1 Å². The van der Waals surface area contributed by atoms with Gasteiger partial charge in [-0.05, 0) is 61.5 Å². The van der Waals surface area contributed by atoms with E-state index >= 15 is 0 Å². The number of hydrogen-bond acceptors (Lipinski definition) is 5. The van der Waals surface area contributed by atoms with Gasteiger partial charge in [-0.2, -0.15) is 5.26 Å². The third-order valence-electron chi connectivity index (χ3n) is 5.16. The summed E-state index contributed by atoms with van der Waals surface area (Å²) in [6, 6.07) is 12.5. The van der Waals surface area contributed by atoms with Crippen molar-refractivity contribution in [3.63, 3.8) is 0 Å². The molecule has 1 heterocycles. The molecule has 192 valence electrons. The topological polar surface area (TPSA) is 94.9 Å². The van der Waals surface area contributed by atoms with Crippen molar-refractivity contribution < 1.29 is 23.0 Å². The Labute approximate surface area is 217 Å². The molecule has 0 aliphatic rings. The van der Waals surface area contributed by atoms with E-state index in [9.17, 15) is 23.5 Å². The smallest absolute Gasteiger partial charge is 0.493 e. The van der Waals surface area contributed by atoms with E-state index in [0.717, 1.165) is 25.0 Å². The molecule has 0 amide bonds. The molecule has 0 aliphatic heterocycles. The number of benzene rings is 2. The number of rotatable bonds is 8. The third kappa shape index (κ3) is 7.41. The largest absolute Gasteiger partial charge is 0.573 e. The Hall–Kier alpha value is -4.17. The number of aromatic nitrogens is 1. The van der Waals surface area contributed by atoms with Crippen LogP contribution in [0.25, 0.3) is 10.9 Å². The highest BCUT2D eigenvalue weighted by Crippen LogP contribution is 2.41. The minimum absolute atomic E-state index is 0.00420. The normalized spacial score (nSPS) is 12.4. The lowest BCUT2D eigenvalue weighted by molar-refractivity contribution is -0.274. The Kier molecular flexibility index (Phi) is 9.03.